The minimum Gasteiger partial charge on any atom is -0.481 e. The summed E-state index contributed by atoms with van der Waals surface area (Å²) in [4.78, 5) is 265. The van der Waals surface area contributed by atoms with E-state index in [1.165, 1.54) is 34.6 Å². The summed E-state index contributed by atoms with van der Waals surface area (Å²) in [5, 5.41) is 114. The van der Waals surface area contributed by atoms with E-state index in [0.29, 0.717) is 0 Å². The van der Waals surface area contributed by atoms with Crippen LogP contribution in [0.2, 0.25) is 0 Å². The van der Waals surface area contributed by atoms with E-state index in [4.69, 9.17) is 15.9 Å². The maximum atomic E-state index is 14.3. The van der Waals surface area contributed by atoms with Gasteiger partial charge in [-0.2, -0.15) is 0 Å². The number of carboxylic acid groups (broad SMARTS) is 3. The van der Waals surface area contributed by atoms with Crippen LogP contribution in [0.15, 0.2) is 0 Å². The van der Waals surface area contributed by atoms with Crippen LogP contribution in [0, 0.1) is 29.6 Å². The van der Waals surface area contributed by atoms with Gasteiger partial charge >= 0.3 is 17.9 Å². The average molecular weight is 1660 g/mol. The van der Waals surface area contributed by atoms with E-state index >= 15 is 0 Å². The van der Waals surface area contributed by atoms with Gasteiger partial charge in [-0.15, -0.1) is 0 Å². The maximum Gasteiger partial charge on any atom is 0.322 e. The van der Waals surface area contributed by atoms with E-state index in [9.17, 15) is 127 Å². The zero-order valence-corrected chi connectivity index (χ0v) is 67.0. The van der Waals surface area contributed by atoms with Crippen LogP contribution >= 0.6 is 0 Å². The molecule has 1 saturated heterocycles. The van der Waals surface area contributed by atoms with Gasteiger partial charge in [-0.3, -0.25) is 95.9 Å². The van der Waals surface area contributed by atoms with E-state index in [1.54, 1.807) is 48.5 Å². The Bertz CT molecular complexity index is 3440. The van der Waals surface area contributed by atoms with Crippen molar-refractivity contribution in [3.05, 3.63) is 0 Å². The van der Waals surface area contributed by atoms with Gasteiger partial charge in [-0.25, -0.2) is 0 Å². The zero-order valence-electron chi connectivity index (χ0n) is 67.0. The molecule has 46 nitrogen and oxygen atoms in total. The molecule has 1 heterocycles. The van der Waals surface area contributed by atoms with Crippen LogP contribution in [0.1, 0.15) is 141 Å². The Hall–Kier alpha value is -10.8. The molecule has 26 N–H and O–H groups in total. The summed E-state index contributed by atoms with van der Waals surface area (Å²) in [7, 11) is 0. The van der Waals surface area contributed by atoms with Gasteiger partial charge in [0.05, 0.1) is 46.1 Å². The van der Waals surface area contributed by atoms with Crippen molar-refractivity contribution in [1.82, 2.24) is 90.0 Å². The summed E-state index contributed by atoms with van der Waals surface area (Å²) < 4.78 is 0. The van der Waals surface area contributed by atoms with Crippen LogP contribution in [0.4, 0.5) is 0 Å². The van der Waals surface area contributed by atoms with Crippen LogP contribution in [-0.2, 0) is 95.9 Å². The van der Waals surface area contributed by atoms with Crippen molar-refractivity contribution < 1.29 is 137 Å². The first-order valence-corrected chi connectivity index (χ1v) is 37.8. The van der Waals surface area contributed by atoms with Crippen molar-refractivity contribution in [2.45, 2.75) is 231 Å². The third-order valence-electron chi connectivity index (χ3n) is 18.4. The Labute approximate surface area is 668 Å². The second-order valence-electron chi connectivity index (χ2n) is 29.0. The lowest BCUT2D eigenvalue weighted by Crippen LogP contribution is -2.61. The first-order chi connectivity index (χ1) is 54.3. The largest absolute Gasteiger partial charge is 0.481 e. The Kier molecular flexibility index (Phi) is 46.1. The zero-order chi connectivity index (χ0) is 88.7. The fraction of sp³-hybridized carbons (Fsp3) is 0.714. The molecule has 0 aromatic rings. The third-order valence-corrected chi connectivity index (χ3v) is 18.4. The number of nitrogens with zero attached hydrogens (tertiary/aromatic N) is 1. The Morgan fingerprint density at radius 2 is 0.724 bits per heavy atom. The monoisotopic (exact) mass is 1660 g/mol. The molecule has 1 aliphatic heterocycles. The average Bonchev–Trinajstić information content (AvgIpc) is 1.76. The molecule has 46 heteroatoms. The number of hydrogen-bond acceptors (Lipinski definition) is 26. The minimum absolute atomic E-state index is 0.0277. The van der Waals surface area contributed by atoms with E-state index in [2.05, 4.69) is 79.8 Å². The van der Waals surface area contributed by atoms with Crippen LogP contribution in [0.25, 0.3) is 0 Å². The summed E-state index contributed by atoms with van der Waals surface area (Å²) in [5.74, 6) is -25.0. The third kappa shape index (κ3) is 35.5. The number of amides is 17. The van der Waals surface area contributed by atoms with Crippen molar-refractivity contribution in [2.24, 2.45) is 35.3 Å². The number of hydrogen-bond donors (Lipinski definition) is 25. The number of aliphatic carboxylic acids is 3. The highest BCUT2D eigenvalue weighted by molar-refractivity contribution is 6.01. The lowest BCUT2D eigenvalue weighted by Gasteiger charge is -2.32. The van der Waals surface area contributed by atoms with E-state index in [0.717, 1.165) is 4.90 Å². The maximum absolute atomic E-state index is 14.3. The predicted molar refractivity (Wildman–Crippen MR) is 403 cm³/mol. The SMILES string of the molecule is CC[C@H](C)[C@H](NC(=O)[C@H](CO)NC(=O)CNC(=O)[C@@H](NC(=O)[C@H](C)NC(=O)[C@H](C)NC(=O)[C@@H](N)CO)C(C)C)C(=O)N[C@@H](CC(C)C)C(=O)N[C@@H](CO)C(=O)N[C@@H](CCC(=O)O)C(=O)N[C@@H](CCC(=O)O)C(=O)NCC(=O)N[C@H](C(=O)N1CCC[C@H]1C(=O)N[C@H](C(=O)N[C@@H](CO)C(=O)N[C@@H](CO)C(=O)NCC(=O)O)[C@@H](C)CC)C(C)C. The number of carbonyl (C=O) groups is 20. The number of rotatable bonds is 53. The molecule has 0 aromatic heterocycles. The summed E-state index contributed by atoms with van der Waals surface area (Å²) >= 11 is 0. The standard InChI is InChI=1S/C70H118N18O28/c1-13-34(9)54(86-65(111)43(28-91)77-47(94)23-73-67(113)52(32(5)6)85-57(103)37(12)75-56(102)36(11)76-58(104)38(71)26-89)68(114)80-41(22-31(3)4)62(108)82-44(29-92)63(109)79-40(18-20-50(98)99)61(107)78-39(17-19-49(96)97)59(105)72-24-48(95)84-53(33(7)8)70(116)88-21-15-16-46(88)66(112)87-55(35(10)14-2)69(115)83-45(30-93)64(110)81-42(27-90)60(106)74-25-51(100)101/h31-46,52-55,89-93H,13-30,71H2,1-12H3,(H,72,105)(H,73,113)(H,74,106)(H,75,102)(H,76,104)(H,77,94)(H,78,107)(H,79,109)(H,80,114)(H,81,110)(H,82,108)(H,83,115)(H,84,95)(H,85,103)(H,86,111)(H,87,112)(H,96,97)(H,98,99)(H,100,101)/t34-,35-,36-,37-,38-,39-,40-,41-,42-,43-,44-,45-,46-,52-,53-,54-,55-/m0/s1. The molecule has 17 atom stereocenters. The summed E-state index contributed by atoms with van der Waals surface area (Å²) in [6.07, 6.45) is -2.47. The topological polar surface area (TPSA) is 725 Å². The van der Waals surface area contributed by atoms with Crippen LogP contribution in [0.5, 0.6) is 0 Å². The number of likely N-dealkylation sites (tertiary alicyclic amines) is 1. The quantitative estimate of drug-likeness (QED) is 0.0269. The van der Waals surface area contributed by atoms with E-state index in [-0.39, 0.29) is 38.6 Å². The molecule has 656 valence electrons. The van der Waals surface area contributed by atoms with Crippen molar-refractivity contribution >= 4 is 118 Å². The number of carboxylic acids is 3. The van der Waals surface area contributed by atoms with E-state index < -0.39 is 317 Å². The molecule has 1 rings (SSSR count). The number of aliphatic hydroxyl groups excluding tert-OH is 5. The summed E-state index contributed by atoms with van der Waals surface area (Å²) in [6, 6.07) is -23.2. The molecule has 17 amide bonds. The number of nitrogens with two attached hydrogens (primary N) is 1. The fourth-order valence-corrected chi connectivity index (χ4v) is 11.1. The van der Waals surface area contributed by atoms with Gasteiger partial charge in [0.25, 0.3) is 0 Å². The smallest absolute Gasteiger partial charge is 0.322 e. The first-order valence-electron chi connectivity index (χ1n) is 37.8. The molecule has 0 saturated carbocycles. The van der Waals surface area contributed by atoms with Gasteiger partial charge in [0.2, 0.25) is 100 Å². The van der Waals surface area contributed by atoms with Gasteiger partial charge in [-0.1, -0.05) is 82.1 Å². The number of nitrogens with one attached hydrogen (secondary N) is 16. The van der Waals surface area contributed by atoms with Crippen molar-refractivity contribution in [1.29, 1.82) is 0 Å². The highest BCUT2D eigenvalue weighted by Gasteiger charge is 2.43. The Morgan fingerprint density at radius 1 is 0.362 bits per heavy atom. The highest BCUT2D eigenvalue weighted by Crippen LogP contribution is 2.22. The molecular formula is C70H118N18O28. The number of carbonyl (C=O) groups excluding carboxylic acids is 17. The lowest BCUT2D eigenvalue weighted by atomic mass is 9.96. The van der Waals surface area contributed by atoms with Crippen molar-refractivity contribution in [2.75, 3.05) is 59.2 Å². The minimum atomic E-state index is -1.98. The molecule has 0 aliphatic carbocycles. The van der Waals surface area contributed by atoms with Crippen LogP contribution in [0.3, 0.4) is 0 Å². The van der Waals surface area contributed by atoms with Gasteiger partial charge in [0, 0.05) is 19.4 Å². The van der Waals surface area contributed by atoms with Crippen molar-refractivity contribution in [3.8, 4) is 0 Å². The normalized spacial score (nSPS) is 16.6. The second-order valence-corrected chi connectivity index (χ2v) is 29.0. The van der Waals surface area contributed by atoms with E-state index in [1.807, 2.05) is 5.32 Å². The molecule has 1 aliphatic rings. The number of aliphatic hydroxyl groups is 5. The lowest BCUT2D eigenvalue weighted by molar-refractivity contribution is -0.143. The second kappa shape index (κ2) is 51.9. The van der Waals surface area contributed by atoms with Crippen LogP contribution in [-0.4, -0.2) is 314 Å². The summed E-state index contributed by atoms with van der Waals surface area (Å²) in [6.45, 7) is 10.8. The highest BCUT2D eigenvalue weighted by atomic mass is 16.4. The molecule has 0 unspecified atom stereocenters. The predicted octanol–water partition coefficient (Wildman–Crippen LogP) is -10.8. The molecule has 1 fully saturated rings. The van der Waals surface area contributed by atoms with Gasteiger partial charge in [0.1, 0.15) is 97.2 Å². The fourth-order valence-electron chi connectivity index (χ4n) is 11.1. The summed E-state index contributed by atoms with van der Waals surface area (Å²) in [5.41, 5.74) is 5.46. The molecule has 0 bridgehead atoms. The molecule has 0 radical (unpaired) electrons. The van der Waals surface area contributed by atoms with Gasteiger partial charge < -0.3 is 137 Å². The Balaban J connectivity index is 3.30. The molecule has 116 heavy (non-hydrogen) atoms. The first kappa shape index (κ1) is 103. The Morgan fingerprint density at radius 3 is 1.17 bits per heavy atom. The molecular weight excluding hydrogens is 1540 g/mol. The molecule has 0 spiro atoms. The van der Waals surface area contributed by atoms with Crippen LogP contribution < -0.4 is 90.8 Å². The molecule has 0 aromatic carbocycles. The van der Waals surface area contributed by atoms with Gasteiger partial charge in [0.15, 0.2) is 0 Å². The van der Waals surface area contributed by atoms with Crippen molar-refractivity contribution in [3.63, 3.8) is 0 Å². The van der Waals surface area contributed by atoms with Gasteiger partial charge in [-0.05, 0) is 75.5 Å².